The van der Waals surface area contributed by atoms with Gasteiger partial charge in [-0.25, -0.2) is 50.3 Å². The lowest BCUT2D eigenvalue weighted by atomic mass is 10.1. The van der Waals surface area contributed by atoms with E-state index in [0.717, 1.165) is 48.5 Å². The number of ether oxygens (including phenoxy) is 6. The zero-order chi connectivity index (χ0) is 75.0. The van der Waals surface area contributed by atoms with E-state index in [4.69, 9.17) is 50.5 Å². The molecule has 6 rings (SSSR count). The fourth-order valence-corrected chi connectivity index (χ4v) is 9.64. The summed E-state index contributed by atoms with van der Waals surface area (Å²) in [6.45, 7) is -2.94. The van der Waals surface area contributed by atoms with Gasteiger partial charge in [-0.1, -0.05) is 41.9 Å². The second kappa shape index (κ2) is 36.8. The molecule has 0 aliphatic carbocycles. The summed E-state index contributed by atoms with van der Waals surface area (Å²) in [5.74, 6) is -8.01. The van der Waals surface area contributed by atoms with Gasteiger partial charge in [-0.3, -0.25) is 35.4 Å². The molecule has 0 radical (unpaired) electrons. The number of nitro groups is 1. The Hall–Kier alpha value is -10.4. The number of hydrogen-bond acceptors (Lipinski definition) is 25. The Kier molecular flexibility index (Phi) is 30.8. The number of nitrogens with zero attached hydrogens (tertiary/aromatic N) is 6. The number of rotatable bonds is 25. The second-order valence-corrected chi connectivity index (χ2v) is 23.4. The third kappa shape index (κ3) is 29.5. The second-order valence-electron chi connectivity index (χ2n) is 18.1. The first-order chi connectivity index (χ1) is 45.8. The molecule has 0 bridgehead atoms. The van der Waals surface area contributed by atoms with Gasteiger partial charge in [0.2, 0.25) is 23.7 Å². The minimum absolute atomic E-state index is 0.0398. The number of nitrogens with one attached hydrogen (secondary N) is 5. The minimum Gasteiger partial charge on any atom is -0.480 e. The van der Waals surface area contributed by atoms with Crippen LogP contribution < -0.4 is 44.3 Å². The average Bonchev–Trinajstić information content (AvgIpc) is 0.822. The van der Waals surface area contributed by atoms with E-state index in [2.05, 4.69) is 45.0 Å². The summed E-state index contributed by atoms with van der Waals surface area (Å²) in [5.41, 5.74) is -2.88. The summed E-state index contributed by atoms with van der Waals surface area (Å²) in [4.78, 5) is 112. The lowest BCUT2D eigenvalue weighted by molar-refractivity contribution is -0.385. The number of sulfonamides is 2. The van der Waals surface area contributed by atoms with Crippen LogP contribution in [0.1, 0.15) is 57.9 Å². The molecule has 4 amide bonds. The fourth-order valence-electron chi connectivity index (χ4n) is 6.73. The molecular weight excluding hydrogens is 1460 g/mol. The molecule has 2 heterocycles. The summed E-state index contributed by atoms with van der Waals surface area (Å²) >= 11 is 5.83. The number of methoxy groups -OCH3 is 1. The van der Waals surface area contributed by atoms with Gasteiger partial charge >= 0.3 is 75.1 Å². The van der Waals surface area contributed by atoms with Crippen LogP contribution in [0.15, 0.2) is 101 Å². The number of carboxylic acids is 2. The van der Waals surface area contributed by atoms with Crippen LogP contribution in [-0.4, -0.2) is 155 Å². The Labute approximate surface area is 553 Å². The average molecular weight is 1500 g/mol. The van der Waals surface area contributed by atoms with Gasteiger partial charge in [0.25, 0.3) is 25.7 Å². The maximum atomic E-state index is 12.8. The summed E-state index contributed by atoms with van der Waals surface area (Å²) in [5, 5.41) is 33.8. The van der Waals surface area contributed by atoms with Crippen LogP contribution in [-0.2, 0) is 56.3 Å². The Morgan fingerprint density at radius 2 is 1.28 bits per heavy atom. The van der Waals surface area contributed by atoms with Crippen molar-refractivity contribution in [1.29, 1.82) is 0 Å². The number of aromatic carboxylic acids is 1. The number of carbonyl (C=O) groups excluding carboxylic acids is 4. The van der Waals surface area contributed by atoms with Crippen molar-refractivity contribution in [2.24, 2.45) is 0 Å². The third-order valence-corrected chi connectivity index (χ3v) is 14.4. The first kappa shape index (κ1) is 82.8. The number of hydrogen-bond donors (Lipinski definition) is 9. The maximum absolute atomic E-state index is 12.8. The zero-order valence-corrected chi connectivity index (χ0v) is 53.4. The first-order valence-electron chi connectivity index (χ1n) is 26.2. The van der Waals surface area contributed by atoms with Gasteiger partial charge in [-0.05, 0) is 75.2 Å². The number of benzene rings is 4. The topological polar surface area (TPSA) is 492 Å². The van der Waals surface area contributed by atoms with E-state index in [0.29, 0.717) is 12.1 Å². The molecule has 9 N–H and O–H groups in total. The quantitative estimate of drug-likeness (QED) is 0.00860. The van der Waals surface area contributed by atoms with E-state index in [1.807, 2.05) is 0 Å². The number of carbonyl (C=O) groups is 6. The van der Waals surface area contributed by atoms with Crippen molar-refractivity contribution in [2.75, 3.05) is 37.2 Å². The van der Waals surface area contributed by atoms with Gasteiger partial charge in [-0.15, -0.1) is 0 Å². The van der Waals surface area contributed by atoms with E-state index >= 15 is 0 Å². The monoisotopic (exact) mass is 1500 g/mol. The lowest BCUT2D eigenvalue weighted by Crippen LogP contribution is -2.35. The van der Waals surface area contributed by atoms with Crippen molar-refractivity contribution < 1.29 is 147 Å². The largest absolute Gasteiger partial charge is 0.480 e. The normalized spacial score (nSPS) is 11.7. The molecule has 0 fully saturated rings. The number of nitro benzene ring substituents is 1. The molecule has 1 unspecified atom stereocenters. The van der Waals surface area contributed by atoms with Crippen LogP contribution in [0.25, 0.3) is 0 Å². The third-order valence-electron chi connectivity index (χ3n) is 10.6. The summed E-state index contributed by atoms with van der Waals surface area (Å²) in [7, 11) is -12.0. The number of aryl methyl sites for hydroxylation is 2. The van der Waals surface area contributed by atoms with Crippen LogP contribution in [0.4, 0.5) is 71.1 Å². The van der Waals surface area contributed by atoms with Crippen molar-refractivity contribution in [3.05, 3.63) is 134 Å². The highest BCUT2D eigenvalue weighted by Crippen LogP contribution is 2.38. The first-order valence-corrected chi connectivity index (χ1v) is 31.3. The van der Waals surface area contributed by atoms with Crippen molar-refractivity contribution >= 4 is 92.8 Å². The van der Waals surface area contributed by atoms with Gasteiger partial charge in [0.05, 0.1) is 58.6 Å². The van der Waals surface area contributed by atoms with Gasteiger partial charge in [0, 0.05) is 18.6 Å². The Morgan fingerprint density at radius 1 is 0.737 bits per heavy atom. The van der Waals surface area contributed by atoms with E-state index in [9.17, 15) is 104 Å². The molecule has 48 heteroatoms. The molecule has 0 spiro atoms. The lowest BCUT2D eigenvalue weighted by Gasteiger charge is -2.13. The molecule has 0 aliphatic rings. The molecule has 540 valence electrons. The molecule has 99 heavy (non-hydrogen) atoms. The molecule has 6 aromatic rings. The SMILES string of the molecule is CCOC(=O)C(C)OC(=O)c1cc(Oc2ccc(C(F)(F)F)cc2Cl)ccc1[N+](=O)[O-].COc1nc(C)nc(NC(=O)NS(=O)(=O)c2ccccc2CCC(F)(F)F)n1.O=C(Nc1nc(OC(F)F)cc(OC(F)F)n1)NS(=O)(=O)c1ccccc1C(=O)O.O=C(O)CNCP(=O)(O)O. The standard InChI is InChI=1S/C19H15ClF3NO7.C15H16F3N5O4S.C14H10F4N4O7S.C3H8NO5P/c1-3-29-17(25)10(2)30-18(26)13-9-12(5-6-15(13)24(27)28)31-16-7-4-11(8-14(16)20)19(21,22)23;1-9-19-12(22-14(20-9)27-2)21-13(24)23-28(25,26)11-6-4-3-5-10(11)7-8-15(16,17)18;15-11(16)28-8-5-9(29-12(17)18)20-13(19-8)21-14(25)22-30(26,27)7-4-2-1-3-6(7)10(23)24;5-3(6)1-4-2-10(7,8)9/h4-10H,3H2,1-2H3;3-6H,7-8H2,1-2H3,(H2,19,20,21,22,23,24);1-5,11-12H,(H,23,24)(H2,19,20,21,22,25);4H,1-2H2,(H,5,6)(H2,7,8,9). The number of alkyl halides is 10. The maximum Gasteiger partial charge on any atom is 0.416 e. The predicted octanol–water partition coefficient (Wildman–Crippen LogP) is 8.05. The number of anilines is 2. The van der Waals surface area contributed by atoms with E-state index in [1.54, 1.807) is 17.0 Å². The highest BCUT2D eigenvalue weighted by molar-refractivity contribution is 7.90. The molecule has 0 saturated heterocycles. The predicted molar refractivity (Wildman–Crippen MR) is 313 cm³/mol. The summed E-state index contributed by atoms with van der Waals surface area (Å²) < 4.78 is 215. The van der Waals surface area contributed by atoms with E-state index < -0.39 is 176 Å². The Bertz CT molecular complexity index is 4140. The number of amides is 4. The smallest absolute Gasteiger partial charge is 0.416 e. The number of carboxylic acid groups (broad SMARTS) is 2. The van der Waals surface area contributed by atoms with Crippen molar-refractivity contribution in [2.45, 2.75) is 75.1 Å². The number of halogens is 11. The molecule has 1 atom stereocenters. The van der Waals surface area contributed by atoms with Crippen molar-refractivity contribution in [3.8, 4) is 29.3 Å². The van der Waals surface area contributed by atoms with Gasteiger partial charge in [0.15, 0.2) is 6.10 Å². The molecule has 4 aromatic carbocycles. The van der Waals surface area contributed by atoms with Crippen molar-refractivity contribution in [3.63, 3.8) is 0 Å². The Morgan fingerprint density at radius 3 is 1.78 bits per heavy atom. The number of urea groups is 2. The molecular formula is C51H49ClF10N11O23PS2. The molecule has 0 saturated carbocycles. The number of esters is 2. The van der Waals surface area contributed by atoms with Crippen molar-refractivity contribution in [1.82, 2.24) is 39.7 Å². The number of aliphatic carboxylic acids is 1. The minimum atomic E-state index is -4.71. The van der Waals surface area contributed by atoms with Crippen LogP contribution >= 0.6 is 19.2 Å². The van der Waals surface area contributed by atoms with Crippen LogP contribution in [0.5, 0.6) is 29.3 Å². The molecule has 34 nitrogen and oxygen atoms in total. The molecule has 0 aliphatic heterocycles. The molecule has 2 aromatic heterocycles. The fraction of sp³-hybridized carbons (Fsp3) is 0.275. The van der Waals surface area contributed by atoms with E-state index in [1.165, 1.54) is 56.0 Å². The van der Waals surface area contributed by atoms with Crippen LogP contribution in [0.2, 0.25) is 5.02 Å². The summed E-state index contributed by atoms with van der Waals surface area (Å²) in [6, 6.07) is 12.4. The highest BCUT2D eigenvalue weighted by atomic mass is 35.5. The summed E-state index contributed by atoms with van der Waals surface area (Å²) in [6.07, 6.45) is -12.7. The van der Waals surface area contributed by atoms with Crippen LogP contribution in [0, 0.1) is 17.0 Å². The highest BCUT2D eigenvalue weighted by Gasteiger charge is 2.33. The van der Waals surface area contributed by atoms with Gasteiger partial charge < -0.3 is 48.4 Å². The van der Waals surface area contributed by atoms with Gasteiger partial charge in [0.1, 0.15) is 27.8 Å². The number of aromatic nitrogens is 5. The van der Waals surface area contributed by atoms with E-state index in [-0.39, 0.29) is 46.5 Å². The Balaban J connectivity index is 0.000000361. The van der Waals surface area contributed by atoms with Crippen LogP contribution in [0.3, 0.4) is 0 Å². The van der Waals surface area contributed by atoms with Gasteiger partial charge in [-0.2, -0.15) is 68.8 Å². The zero-order valence-electron chi connectivity index (χ0n) is 50.1.